The largest absolute Gasteiger partial charge is 0.419 e. The van der Waals surface area contributed by atoms with E-state index in [4.69, 9.17) is 11.0 Å². The fourth-order valence-corrected chi connectivity index (χ4v) is 3.93. The first-order valence-corrected chi connectivity index (χ1v) is 9.42. The fourth-order valence-electron chi connectivity index (χ4n) is 3.93. The Bertz CT molecular complexity index is 1280. The van der Waals surface area contributed by atoms with E-state index in [-0.39, 0.29) is 5.41 Å². The number of nitrogens with zero attached hydrogens (tertiary/aromatic N) is 3. The van der Waals surface area contributed by atoms with Gasteiger partial charge in [-0.1, -0.05) is 44.5 Å². The minimum absolute atomic E-state index is 0.0493. The van der Waals surface area contributed by atoms with E-state index < -0.39 is 0 Å². The molecule has 4 rings (SSSR count). The van der Waals surface area contributed by atoms with Crippen LogP contribution in [0.5, 0.6) is 0 Å². The van der Waals surface area contributed by atoms with Crippen molar-refractivity contribution >= 4 is 27.9 Å². The zero-order valence-electron chi connectivity index (χ0n) is 17.2. The summed E-state index contributed by atoms with van der Waals surface area (Å²) in [5, 5.41) is 2.05. The first-order chi connectivity index (χ1) is 13.2. The van der Waals surface area contributed by atoms with Crippen LogP contribution >= 0.6 is 0 Å². The molecule has 0 saturated heterocycles. The molecule has 4 nitrogen and oxygen atoms in total. The van der Waals surface area contributed by atoms with Crippen LogP contribution in [0, 0.1) is 20.4 Å². The van der Waals surface area contributed by atoms with E-state index in [9.17, 15) is 0 Å². The summed E-state index contributed by atoms with van der Waals surface area (Å²) >= 11 is 0. The van der Waals surface area contributed by atoms with Gasteiger partial charge in [0, 0.05) is 17.0 Å². The van der Waals surface area contributed by atoms with Crippen LogP contribution in [0.1, 0.15) is 37.5 Å². The maximum atomic E-state index is 7.27. The van der Waals surface area contributed by atoms with Crippen molar-refractivity contribution in [1.82, 2.24) is 4.98 Å². The van der Waals surface area contributed by atoms with Gasteiger partial charge in [-0.3, -0.25) is 0 Å². The number of hydrogen-bond donors (Lipinski definition) is 0. The van der Waals surface area contributed by atoms with Gasteiger partial charge in [0.25, 0.3) is 5.82 Å². The molecule has 3 aromatic heterocycles. The summed E-state index contributed by atoms with van der Waals surface area (Å²) in [7, 11) is 2.06. The van der Waals surface area contributed by atoms with Crippen LogP contribution in [0.4, 0.5) is 5.82 Å². The summed E-state index contributed by atoms with van der Waals surface area (Å²) in [4.78, 5) is 7.89. The highest BCUT2D eigenvalue weighted by Gasteiger charge is 2.28. The number of rotatable bonds is 1. The molecule has 0 saturated carbocycles. The predicted molar refractivity (Wildman–Crippen MR) is 113 cm³/mol. The van der Waals surface area contributed by atoms with Crippen molar-refractivity contribution in [2.45, 2.75) is 40.0 Å². The average molecular weight is 370 g/mol. The van der Waals surface area contributed by atoms with Gasteiger partial charge in [-0.05, 0) is 42.5 Å². The van der Waals surface area contributed by atoms with Gasteiger partial charge in [0.2, 0.25) is 5.69 Å². The van der Waals surface area contributed by atoms with E-state index in [0.717, 1.165) is 27.6 Å². The maximum Gasteiger partial charge on any atom is 0.322 e. The van der Waals surface area contributed by atoms with E-state index in [0.29, 0.717) is 11.5 Å². The van der Waals surface area contributed by atoms with E-state index in [2.05, 4.69) is 80.5 Å². The standard InChI is InChI=1S/C24H24N3O/c1-14-8-10-18(27(7)13-14)20-15(2)12-17(24(3,4)5)21-16-9-11-19(25-6)26-23(16)28-22(20)21/h8-13H,1-5,7H3/q+1. The van der Waals surface area contributed by atoms with Crippen LogP contribution in [0.25, 0.3) is 38.2 Å². The molecule has 4 aromatic rings. The summed E-state index contributed by atoms with van der Waals surface area (Å²) in [5.74, 6) is 0.350. The molecule has 28 heavy (non-hydrogen) atoms. The van der Waals surface area contributed by atoms with Gasteiger partial charge in [-0.2, -0.15) is 0 Å². The lowest BCUT2D eigenvalue weighted by Gasteiger charge is -2.22. The number of fused-ring (bicyclic) bond motifs is 3. The molecule has 0 atom stereocenters. The summed E-state index contributed by atoms with van der Waals surface area (Å²) in [6.07, 6.45) is 2.12. The highest BCUT2D eigenvalue weighted by atomic mass is 16.3. The molecule has 0 fully saturated rings. The molecule has 0 aliphatic heterocycles. The Balaban J connectivity index is 2.21. The van der Waals surface area contributed by atoms with Crippen LogP contribution in [0.2, 0.25) is 0 Å². The Hall–Kier alpha value is -3.19. The molecule has 0 aliphatic carbocycles. The molecule has 0 N–H and O–H groups in total. The first kappa shape index (κ1) is 18.2. The topological polar surface area (TPSA) is 34.3 Å². The number of pyridine rings is 2. The van der Waals surface area contributed by atoms with Gasteiger partial charge in [0.1, 0.15) is 7.05 Å². The second kappa shape index (κ2) is 6.17. The van der Waals surface area contributed by atoms with E-state index in [1.807, 2.05) is 6.07 Å². The number of aryl methyl sites for hydroxylation is 3. The first-order valence-electron chi connectivity index (χ1n) is 9.42. The average Bonchev–Trinajstić information content (AvgIpc) is 2.99. The van der Waals surface area contributed by atoms with Crippen LogP contribution in [-0.4, -0.2) is 4.98 Å². The van der Waals surface area contributed by atoms with Crippen molar-refractivity contribution < 1.29 is 8.98 Å². The Morgan fingerprint density at radius 3 is 2.50 bits per heavy atom. The van der Waals surface area contributed by atoms with E-state index in [1.54, 1.807) is 6.07 Å². The Morgan fingerprint density at radius 1 is 1.11 bits per heavy atom. The van der Waals surface area contributed by atoms with Crippen molar-refractivity contribution in [3.05, 3.63) is 64.6 Å². The maximum absolute atomic E-state index is 7.27. The SMILES string of the molecule is [C-]#[N+]c1ccc2c(n1)oc1c(-c3ccc(C)c[n+]3C)c(C)cc(C(C)(C)C)c12. The Labute approximate surface area is 165 Å². The number of benzene rings is 1. The normalized spacial score (nSPS) is 11.9. The lowest BCUT2D eigenvalue weighted by Crippen LogP contribution is -2.31. The zero-order valence-corrected chi connectivity index (χ0v) is 17.2. The third-order valence-corrected chi connectivity index (χ3v) is 5.25. The quantitative estimate of drug-likeness (QED) is 0.307. The molecule has 0 spiro atoms. The zero-order chi connectivity index (χ0) is 20.2. The minimum atomic E-state index is -0.0493. The molecule has 0 aliphatic rings. The van der Waals surface area contributed by atoms with Crippen LogP contribution in [0.3, 0.4) is 0 Å². The fraction of sp³-hybridized carbons (Fsp3) is 0.292. The van der Waals surface area contributed by atoms with Crippen molar-refractivity contribution in [3.8, 4) is 11.3 Å². The third kappa shape index (κ3) is 2.75. The smallest absolute Gasteiger partial charge is 0.322 e. The Kier molecular flexibility index (Phi) is 4.01. The van der Waals surface area contributed by atoms with Crippen molar-refractivity contribution in [2.24, 2.45) is 7.05 Å². The van der Waals surface area contributed by atoms with Crippen molar-refractivity contribution in [2.75, 3.05) is 0 Å². The summed E-state index contributed by atoms with van der Waals surface area (Å²) in [6, 6.07) is 10.3. The second-order valence-electron chi connectivity index (χ2n) is 8.51. The highest BCUT2D eigenvalue weighted by Crippen LogP contribution is 2.42. The molecule has 1 aromatic carbocycles. The van der Waals surface area contributed by atoms with Crippen molar-refractivity contribution in [3.63, 3.8) is 0 Å². The third-order valence-electron chi connectivity index (χ3n) is 5.25. The summed E-state index contributed by atoms with van der Waals surface area (Å²) < 4.78 is 8.45. The lowest BCUT2D eigenvalue weighted by molar-refractivity contribution is -0.660. The van der Waals surface area contributed by atoms with Crippen LogP contribution in [-0.2, 0) is 12.5 Å². The summed E-state index contributed by atoms with van der Waals surface area (Å²) in [5.41, 5.74) is 7.10. The van der Waals surface area contributed by atoms with E-state index in [1.165, 1.54) is 16.7 Å². The molecule has 0 bridgehead atoms. The summed E-state index contributed by atoms with van der Waals surface area (Å²) in [6.45, 7) is 18.1. The second-order valence-corrected chi connectivity index (χ2v) is 8.51. The van der Waals surface area contributed by atoms with Crippen LogP contribution in [0.15, 0.2) is 40.9 Å². The lowest BCUT2D eigenvalue weighted by atomic mass is 9.82. The molecule has 4 heteroatoms. The molecular formula is C24H24N3O+. The molecular weight excluding hydrogens is 346 g/mol. The molecule has 3 heterocycles. The van der Waals surface area contributed by atoms with Crippen LogP contribution < -0.4 is 4.57 Å². The highest BCUT2D eigenvalue weighted by molar-refractivity contribution is 6.11. The number of hydrogen-bond acceptors (Lipinski definition) is 2. The van der Waals surface area contributed by atoms with E-state index >= 15 is 0 Å². The van der Waals surface area contributed by atoms with Gasteiger partial charge < -0.3 is 9.26 Å². The number of furan rings is 1. The van der Waals surface area contributed by atoms with Gasteiger partial charge >= 0.3 is 5.71 Å². The predicted octanol–water partition coefficient (Wildman–Crippen LogP) is 5.94. The Morgan fingerprint density at radius 2 is 1.86 bits per heavy atom. The number of aromatic nitrogens is 2. The monoisotopic (exact) mass is 370 g/mol. The van der Waals surface area contributed by atoms with Gasteiger partial charge in [-0.15, -0.1) is 0 Å². The van der Waals surface area contributed by atoms with Crippen molar-refractivity contribution in [1.29, 1.82) is 0 Å². The molecule has 0 unspecified atom stereocenters. The molecule has 0 radical (unpaired) electrons. The molecule has 0 amide bonds. The van der Waals surface area contributed by atoms with Gasteiger partial charge in [-0.25, -0.2) is 4.57 Å². The molecule has 140 valence electrons. The minimum Gasteiger partial charge on any atom is -0.419 e. The van der Waals surface area contributed by atoms with Gasteiger partial charge in [0.05, 0.1) is 10.9 Å². The van der Waals surface area contributed by atoms with Gasteiger partial charge in [0.15, 0.2) is 11.8 Å².